The predicted molar refractivity (Wildman–Crippen MR) is 93.7 cm³/mol. The van der Waals surface area contributed by atoms with Crippen molar-refractivity contribution in [3.05, 3.63) is 65.2 Å². The van der Waals surface area contributed by atoms with Crippen LogP contribution in [0.25, 0.3) is 0 Å². The predicted octanol–water partition coefficient (Wildman–Crippen LogP) is 3.53. The summed E-state index contributed by atoms with van der Waals surface area (Å²) >= 11 is 0. The molecule has 3 atom stereocenters. The number of aryl methyl sites for hydroxylation is 1. The lowest BCUT2D eigenvalue weighted by atomic mass is 9.86. The second-order valence-electron chi connectivity index (χ2n) is 6.47. The third kappa shape index (κ3) is 3.71. The standard InChI is InChI=1S/C20H23FN2O2/c1-13(19(25-2)15-9-3-4-11-17(15)21)23-20(24)16-10-5-7-14-8-6-12-22-18(14)16/h3-4,6,8-9,11-13,16,19H,5,7,10H2,1-2H3,(H,23,24)/t13-,16+,19-/m0/s1. The number of carbonyl (C=O) groups excluding carboxylic acids is 1. The van der Waals surface area contributed by atoms with Gasteiger partial charge in [-0.25, -0.2) is 4.39 Å². The number of carbonyl (C=O) groups is 1. The maximum atomic E-state index is 14.1. The minimum Gasteiger partial charge on any atom is -0.375 e. The van der Waals surface area contributed by atoms with E-state index in [0.29, 0.717) is 5.56 Å². The summed E-state index contributed by atoms with van der Waals surface area (Å²) in [7, 11) is 1.53. The number of hydrogen-bond acceptors (Lipinski definition) is 3. The van der Waals surface area contributed by atoms with E-state index in [0.717, 1.165) is 30.5 Å². The van der Waals surface area contributed by atoms with Crippen molar-refractivity contribution in [2.75, 3.05) is 7.11 Å². The van der Waals surface area contributed by atoms with Crippen molar-refractivity contribution in [2.24, 2.45) is 0 Å². The molecule has 4 nitrogen and oxygen atoms in total. The molecule has 1 N–H and O–H groups in total. The zero-order valence-corrected chi connectivity index (χ0v) is 14.5. The van der Waals surface area contributed by atoms with Crippen LogP contribution in [-0.2, 0) is 16.0 Å². The fourth-order valence-electron chi connectivity index (χ4n) is 3.57. The fraction of sp³-hybridized carbons (Fsp3) is 0.400. The third-order valence-corrected chi connectivity index (χ3v) is 4.80. The van der Waals surface area contributed by atoms with Crippen LogP contribution in [0.3, 0.4) is 0 Å². The Morgan fingerprint density at radius 2 is 2.12 bits per heavy atom. The number of methoxy groups -OCH3 is 1. The van der Waals surface area contributed by atoms with Gasteiger partial charge in [0.05, 0.1) is 17.7 Å². The van der Waals surface area contributed by atoms with Crippen LogP contribution >= 0.6 is 0 Å². The number of nitrogens with one attached hydrogen (secondary N) is 1. The molecule has 2 aromatic rings. The molecule has 0 bridgehead atoms. The first kappa shape index (κ1) is 17.5. The summed E-state index contributed by atoms with van der Waals surface area (Å²) in [6.45, 7) is 1.83. The van der Waals surface area contributed by atoms with Gasteiger partial charge in [-0.1, -0.05) is 24.3 Å². The van der Waals surface area contributed by atoms with Crippen LogP contribution in [0, 0.1) is 5.82 Å². The molecule has 1 aliphatic rings. The average molecular weight is 342 g/mol. The molecule has 25 heavy (non-hydrogen) atoms. The topological polar surface area (TPSA) is 51.2 Å². The van der Waals surface area contributed by atoms with Crippen molar-refractivity contribution in [3.8, 4) is 0 Å². The summed E-state index contributed by atoms with van der Waals surface area (Å²) in [4.78, 5) is 17.2. The molecule has 0 saturated carbocycles. The van der Waals surface area contributed by atoms with Gasteiger partial charge in [-0.15, -0.1) is 0 Å². The van der Waals surface area contributed by atoms with E-state index in [2.05, 4.69) is 10.3 Å². The number of hydrogen-bond donors (Lipinski definition) is 1. The Morgan fingerprint density at radius 1 is 1.32 bits per heavy atom. The Labute approximate surface area is 147 Å². The molecule has 1 aliphatic carbocycles. The van der Waals surface area contributed by atoms with Gasteiger partial charge in [0.1, 0.15) is 11.9 Å². The molecular formula is C20H23FN2O2. The van der Waals surface area contributed by atoms with Gasteiger partial charge in [-0.3, -0.25) is 9.78 Å². The van der Waals surface area contributed by atoms with Gasteiger partial charge in [0.25, 0.3) is 0 Å². The normalized spacial score (nSPS) is 18.9. The minimum absolute atomic E-state index is 0.0782. The Morgan fingerprint density at radius 3 is 2.88 bits per heavy atom. The van der Waals surface area contributed by atoms with Gasteiger partial charge in [0, 0.05) is 18.9 Å². The van der Waals surface area contributed by atoms with Crippen LogP contribution in [0.1, 0.15) is 48.6 Å². The second-order valence-corrected chi connectivity index (χ2v) is 6.47. The summed E-state index contributed by atoms with van der Waals surface area (Å²) in [6.07, 6.45) is 3.88. The largest absolute Gasteiger partial charge is 0.375 e. The van der Waals surface area contributed by atoms with E-state index in [4.69, 9.17) is 4.74 Å². The molecular weight excluding hydrogens is 319 g/mol. The number of pyridine rings is 1. The van der Waals surface area contributed by atoms with E-state index in [1.807, 2.05) is 19.1 Å². The van der Waals surface area contributed by atoms with Gasteiger partial charge in [-0.05, 0) is 43.9 Å². The van der Waals surface area contributed by atoms with Crippen molar-refractivity contribution in [1.29, 1.82) is 0 Å². The molecule has 1 aromatic heterocycles. The van der Waals surface area contributed by atoms with E-state index in [9.17, 15) is 9.18 Å². The van der Waals surface area contributed by atoms with E-state index >= 15 is 0 Å². The molecule has 1 aromatic carbocycles. The molecule has 0 fully saturated rings. The van der Waals surface area contributed by atoms with Crippen molar-refractivity contribution in [1.82, 2.24) is 10.3 Å². The number of halogens is 1. The summed E-state index contributed by atoms with van der Waals surface area (Å²) in [5.74, 6) is -0.670. The van der Waals surface area contributed by atoms with E-state index in [1.165, 1.54) is 13.2 Å². The Kier molecular flexibility index (Phi) is 5.43. The highest BCUT2D eigenvalue weighted by molar-refractivity contribution is 5.84. The average Bonchev–Trinajstić information content (AvgIpc) is 2.63. The number of rotatable bonds is 5. The Hall–Kier alpha value is -2.27. The summed E-state index contributed by atoms with van der Waals surface area (Å²) < 4.78 is 19.5. The van der Waals surface area contributed by atoms with Gasteiger partial charge < -0.3 is 10.1 Å². The highest BCUT2D eigenvalue weighted by Crippen LogP contribution is 2.31. The lowest BCUT2D eigenvalue weighted by Crippen LogP contribution is -2.41. The Balaban J connectivity index is 1.75. The van der Waals surface area contributed by atoms with Crippen molar-refractivity contribution < 1.29 is 13.9 Å². The summed E-state index contributed by atoms with van der Waals surface area (Å²) in [6, 6.07) is 10.1. The van der Waals surface area contributed by atoms with Gasteiger partial charge in [0.2, 0.25) is 5.91 Å². The smallest absolute Gasteiger partial charge is 0.229 e. The van der Waals surface area contributed by atoms with Crippen molar-refractivity contribution in [2.45, 2.75) is 44.2 Å². The molecule has 0 saturated heterocycles. The van der Waals surface area contributed by atoms with Gasteiger partial charge in [-0.2, -0.15) is 0 Å². The first-order valence-corrected chi connectivity index (χ1v) is 8.63. The number of ether oxygens (including phenoxy) is 1. The number of amides is 1. The second kappa shape index (κ2) is 7.74. The van der Waals surface area contributed by atoms with Crippen LogP contribution in [0.4, 0.5) is 4.39 Å². The number of aromatic nitrogens is 1. The highest BCUT2D eigenvalue weighted by atomic mass is 19.1. The van der Waals surface area contributed by atoms with E-state index in [1.54, 1.807) is 24.4 Å². The number of fused-ring (bicyclic) bond motifs is 1. The maximum absolute atomic E-state index is 14.1. The zero-order chi connectivity index (χ0) is 17.8. The van der Waals surface area contributed by atoms with Crippen molar-refractivity contribution >= 4 is 5.91 Å². The lowest BCUT2D eigenvalue weighted by Gasteiger charge is -2.28. The number of nitrogens with zero attached hydrogens (tertiary/aromatic N) is 1. The first-order chi connectivity index (χ1) is 12.1. The Bertz CT molecular complexity index is 750. The minimum atomic E-state index is -0.544. The quantitative estimate of drug-likeness (QED) is 0.904. The molecule has 132 valence electrons. The van der Waals surface area contributed by atoms with Crippen LogP contribution in [0.5, 0.6) is 0 Å². The molecule has 1 heterocycles. The van der Waals surface area contributed by atoms with Crippen LogP contribution in [0.2, 0.25) is 0 Å². The number of benzene rings is 1. The van der Waals surface area contributed by atoms with Gasteiger partial charge in [0.15, 0.2) is 0 Å². The molecule has 0 spiro atoms. The van der Waals surface area contributed by atoms with Crippen LogP contribution in [-0.4, -0.2) is 24.0 Å². The molecule has 1 amide bonds. The maximum Gasteiger partial charge on any atom is 0.229 e. The van der Waals surface area contributed by atoms with Crippen LogP contribution in [0.15, 0.2) is 42.6 Å². The molecule has 5 heteroatoms. The molecule has 0 aliphatic heterocycles. The van der Waals surface area contributed by atoms with E-state index in [-0.39, 0.29) is 23.7 Å². The SMILES string of the molecule is CO[C@H](c1ccccc1F)[C@H](C)NC(=O)[C@@H]1CCCc2cccnc21. The lowest BCUT2D eigenvalue weighted by molar-refractivity contribution is -0.124. The van der Waals surface area contributed by atoms with Gasteiger partial charge >= 0.3 is 0 Å². The highest BCUT2D eigenvalue weighted by Gasteiger charge is 2.30. The molecule has 3 rings (SSSR count). The van der Waals surface area contributed by atoms with Crippen LogP contribution < -0.4 is 5.32 Å². The third-order valence-electron chi connectivity index (χ3n) is 4.80. The van der Waals surface area contributed by atoms with Crippen molar-refractivity contribution in [3.63, 3.8) is 0 Å². The van der Waals surface area contributed by atoms with E-state index < -0.39 is 6.10 Å². The summed E-state index contributed by atoms with van der Waals surface area (Å²) in [5, 5.41) is 3.00. The first-order valence-electron chi connectivity index (χ1n) is 8.63. The fourth-order valence-corrected chi connectivity index (χ4v) is 3.57. The zero-order valence-electron chi connectivity index (χ0n) is 14.5. The molecule has 0 unspecified atom stereocenters. The molecule has 0 radical (unpaired) electrons. The monoisotopic (exact) mass is 342 g/mol. The summed E-state index contributed by atoms with van der Waals surface area (Å²) in [5.41, 5.74) is 2.44.